The maximum Gasteiger partial charge on any atom is 0.0580 e. The van der Waals surface area contributed by atoms with Crippen LogP contribution in [0.15, 0.2) is 39.3 Å². The molecule has 0 aliphatic heterocycles. The Hall–Kier alpha value is -0.350. The van der Waals surface area contributed by atoms with E-state index in [2.05, 4.69) is 76.1 Å². The van der Waals surface area contributed by atoms with Gasteiger partial charge in [0, 0.05) is 14.0 Å². The maximum absolute atomic E-state index is 6.21. The van der Waals surface area contributed by atoms with E-state index in [-0.39, 0.29) is 6.04 Å². The molecule has 0 saturated heterocycles. The zero-order valence-electron chi connectivity index (χ0n) is 12.3. The zero-order valence-corrected chi connectivity index (χ0v) is 16.2. The quantitative estimate of drug-likeness (QED) is 0.609. The lowest BCUT2D eigenvalue weighted by Crippen LogP contribution is -2.23. The average molecular weight is 432 g/mol. The van der Waals surface area contributed by atoms with Gasteiger partial charge in [0.15, 0.2) is 0 Å². The summed E-state index contributed by atoms with van der Waals surface area (Å²) in [6, 6.07) is 10.6. The summed E-state index contributed by atoms with van der Waals surface area (Å²) in [6.45, 7) is 7.27. The van der Waals surface area contributed by atoms with Crippen LogP contribution in [0.5, 0.6) is 0 Å². The van der Waals surface area contributed by atoms with Gasteiger partial charge in [0.25, 0.3) is 0 Å². The van der Waals surface area contributed by atoms with Crippen molar-refractivity contribution in [2.24, 2.45) is 0 Å². The van der Waals surface area contributed by atoms with Crippen molar-refractivity contribution >= 4 is 43.5 Å². The van der Waals surface area contributed by atoms with E-state index in [0.29, 0.717) is 0 Å². The molecule has 112 valence electrons. The maximum atomic E-state index is 6.21. The molecular formula is C17H18Br2ClN. The van der Waals surface area contributed by atoms with Gasteiger partial charge in [0.05, 0.1) is 6.04 Å². The van der Waals surface area contributed by atoms with Gasteiger partial charge in [-0.2, -0.15) is 0 Å². The van der Waals surface area contributed by atoms with Crippen LogP contribution < -0.4 is 5.32 Å². The Morgan fingerprint density at radius 1 is 1.05 bits per heavy atom. The summed E-state index contributed by atoms with van der Waals surface area (Å²) < 4.78 is 2.14. The molecule has 2 aromatic rings. The molecule has 2 aromatic carbocycles. The van der Waals surface area contributed by atoms with Crippen LogP contribution in [0.4, 0.5) is 0 Å². The topological polar surface area (TPSA) is 12.0 Å². The normalized spacial score (nSPS) is 12.5. The molecule has 0 radical (unpaired) electrons. The fraction of sp³-hybridized carbons (Fsp3) is 0.294. The summed E-state index contributed by atoms with van der Waals surface area (Å²) >= 11 is 13.3. The third-order valence-corrected chi connectivity index (χ3v) is 5.02. The summed E-state index contributed by atoms with van der Waals surface area (Å²) in [5.74, 6) is 0. The van der Waals surface area contributed by atoms with Crippen molar-refractivity contribution in [3.05, 3.63) is 66.6 Å². The molecule has 0 bridgehead atoms. The van der Waals surface area contributed by atoms with E-state index in [1.807, 2.05) is 12.1 Å². The highest BCUT2D eigenvalue weighted by atomic mass is 79.9. The van der Waals surface area contributed by atoms with Crippen molar-refractivity contribution in [3.63, 3.8) is 0 Å². The standard InChI is InChI=1S/C17H18Br2ClN/c1-4-21-17(12-7-13(18)9-14(20)8-12)15-5-11(3)16(19)6-10(15)2/h5-9,17,21H,4H2,1-3H3. The van der Waals surface area contributed by atoms with Crippen LogP contribution in [0.3, 0.4) is 0 Å². The van der Waals surface area contributed by atoms with Gasteiger partial charge in [0.1, 0.15) is 0 Å². The van der Waals surface area contributed by atoms with Gasteiger partial charge in [-0.3, -0.25) is 0 Å². The highest BCUT2D eigenvalue weighted by molar-refractivity contribution is 9.10. The van der Waals surface area contributed by atoms with Gasteiger partial charge < -0.3 is 5.32 Å². The molecule has 4 heteroatoms. The Morgan fingerprint density at radius 2 is 1.76 bits per heavy atom. The number of rotatable bonds is 4. The molecule has 2 rings (SSSR count). The van der Waals surface area contributed by atoms with Gasteiger partial charge >= 0.3 is 0 Å². The minimum atomic E-state index is 0.136. The first kappa shape index (κ1) is 17.0. The molecule has 0 aliphatic carbocycles. The van der Waals surface area contributed by atoms with Crippen LogP contribution in [0.1, 0.15) is 35.2 Å². The lowest BCUT2D eigenvalue weighted by Gasteiger charge is -2.22. The van der Waals surface area contributed by atoms with E-state index in [1.54, 1.807) is 0 Å². The lowest BCUT2D eigenvalue weighted by atomic mass is 9.93. The number of hydrogen-bond acceptors (Lipinski definition) is 1. The SMILES string of the molecule is CCNC(c1cc(Cl)cc(Br)c1)c1cc(C)c(Br)cc1C. The van der Waals surface area contributed by atoms with Gasteiger partial charge in [-0.25, -0.2) is 0 Å². The molecule has 0 heterocycles. The molecule has 1 N–H and O–H groups in total. The smallest absolute Gasteiger partial charge is 0.0580 e. The van der Waals surface area contributed by atoms with Crippen LogP contribution in [0.2, 0.25) is 5.02 Å². The molecule has 0 aromatic heterocycles. The number of halogens is 3. The number of benzene rings is 2. The van der Waals surface area contributed by atoms with Gasteiger partial charge in [-0.1, -0.05) is 56.5 Å². The second-order valence-corrected chi connectivity index (χ2v) is 7.36. The van der Waals surface area contributed by atoms with Crippen molar-refractivity contribution in [2.75, 3.05) is 6.54 Å². The first-order chi connectivity index (χ1) is 9.92. The highest BCUT2D eigenvalue weighted by Gasteiger charge is 2.17. The predicted octanol–water partition coefficient (Wildman–Crippen LogP) is 6.18. The summed E-state index contributed by atoms with van der Waals surface area (Å²) in [6.07, 6.45) is 0. The van der Waals surface area contributed by atoms with Gasteiger partial charge in [0.2, 0.25) is 0 Å². The van der Waals surface area contributed by atoms with Crippen molar-refractivity contribution in [1.82, 2.24) is 5.32 Å². The lowest BCUT2D eigenvalue weighted by molar-refractivity contribution is 0.627. The molecular weight excluding hydrogens is 413 g/mol. The van der Waals surface area contributed by atoms with Crippen LogP contribution in [-0.2, 0) is 0 Å². The third-order valence-electron chi connectivity index (χ3n) is 3.48. The van der Waals surface area contributed by atoms with E-state index in [0.717, 1.165) is 20.5 Å². The fourth-order valence-corrected chi connectivity index (χ4v) is 3.81. The number of aryl methyl sites for hydroxylation is 2. The van der Waals surface area contributed by atoms with Gasteiger partial charge in [-0.15, -0.1) is 0 Å². The van der Waals surface area contributed by atoms with Crippen LogP contribution in [0.25, 0.3) is 0 Å². The first-order valence-electron chi connectivity index (χ1n) is 6.88. The van der Waals surface area contributed by atoms with E-state index in [1.165, 1.54) is 22.3 Å². The van der Waals surface area contributed by atoms with E-state index < -0.39 is 0 Å². The summed E-state index contributed by atoms with van der Waals surface area (Å²) in [5, 5.41) is 4.31. The third kappa shape index (κ3) is 4.10. The second-order valence-electron chi connectivity index (χ2n) is 5.15. The predicted molar refractivity (Wildman–Crippen MR) is 98.3 cm³/mol. The molecule has 1 unspecified atom stereocenters. The van der Waals surface area contributed by atoms with Crippen molar-refractivity contribution in [3.8, 4) is 0 Å². The molecule has 1 nitrogen and oxygen atoms in total. The molecule has 1 atom stereocenters. The minimum Gasteiger partial charge on any atom is -0.307 e. The largest absolute Gasteiger partial charge is 0.307 e. The molecule has 0 fully saturated rings. The Morgan fingerprint density at radius 3 is 2.38 bits per heavy atom. The van der Waals surface area contributed by atoms with E-state index in [9.17, 15) is 0 Å². The van der Waals surface area contributed by atoms with Crippen molar-refractivity contribution in [1.29, 1.82) is 0 Å². The summed E-state index contributed by atoms with van der Waals surface area (Å²) in [5.41, 5.74) is 4.95. The van der Waals surface area contributed by atoms with Gasteiger partial charge in [-0.05, 0) is 66.9 Å². The van der Waals surface area contributed by atoms with Crippen molar-refractivity contribution in [2.45, 2.75) is 26.8 Å². The Labute approximate surface area is 148 Å². The van der Waals surface area contributed by atoms with Crippen LogP contribution >= 0.6 is 43.5 Å². The molecule has 0 aliphatic rings. The van der Waals surface area contributed by atoms with E-state index in [4.69, 9.17) is 11.6 Å². The first-order valence-corrected chi connectivity index (χ1v) is 8.84. The summed E-state index contributed by atoms with van der Waals surface area (Å²) in [7, 11) is 0. The van der Waals surface area contributed by atoms with E-state index >= 15 is 0 Å². The van der Waals surface area contributed by atoms with Crippen LogP contribution in [-0.4, -0.2) is 6.54 Å². The molecule has 0 spiro atoms. The number of hydrogen-bond donors (Lipinski definition) is 1. The highest BCUT2D eigenvalue weighted by Crippen LogP contribution is 2.32. The Balaban J connectivity index is 2.55. The molecule has 21 heavy (non-hydrogen) atoms. The molecule has 0 amide bonds. The van der Waals surface area contributed by atoms with Crippen LogP contribution in [0, 0.1) is 13.8 Å². The minimum absolute atomic E-state index is 0.136. The fourth-order valence-electron chi connectivity index (χ4n) is 2.47. The Bertz CT molecular complexity index is 635. The summed E-state index contributed by atoms with van der Waals surface area (Å²) in [4.78, 5) is 0. The monoisotopic (exact) mass is 429 g/mol. The van der Waals surface area contributed by atoms with Crippen molar-refractivity contribution < 1.29 is 0 Å². The average Bonchev–Trinajstić information content (AvgIpc) is 2.39. The Kier molecular flexibility index (Phi) is 5.89. The number of nitrogens with one attached hydrogen (secondary N) is 1. The zero-order chi connectivity index (χ0) is 15.6. The molecule has 0 saturated carbocycles. The second kappa shape index (κ2) is 7.28.